The molecule has 0 amide bonds. The Hall–Kier alpha value is -1.41. The molecule has 1 aromatic carbocycles. The van der Waals surface area contributed by atoms with E-state index in [2.05, 4.69) is 54.1 Å². The number of hydrogen-bond donors (Lipinski definition) is 0. The van der Waals surface area contributed by atoms with E-state index in [-0.39, 0.29) is 0 Å². The third-order valence-corrected chi connectivity index (χ3v) is 5.25. The highest BCUT2D eigenvalue weighted by atomic mass is 15.2. The molecule has 1 aliphatic carbocycles. The van der Waals surface area contributed by atoms with Crippen LogP contribution in [-0.4, -0.2) is 30.2 Å². The molecule has 1 aromatic rings. The second-order valence-electron chi connectivity index (χ2n) is 6.89. The Labute approximate surface area is 121 Å². The Bertz CT molecular complexity index is 599. The molecule has 2 heterocycles. The molecule has 0 radical (unpaired) electrons. The zero-order chi connectivity index (χ0) is 13.7. The number of nitrogens with zero attached hydrogens (tertiary/aromatic N) is 2. The van der Waals surface area contributed by atoms with E-state index >= 15 is 0 Å². The Morgan fingerprint density at radius 1 is 1.30 bits per heavy atom. The summed E-state index contributed by atoms with van der Waals surface area (Å²) in [7, 11) is 0. The average molecular weight is 266 g/mol. The van der Waals surface area contributed by atoms with Gasteiger partial charge >= 0.3 is 0 Å². The number of fused-ring (bicyclic) bond motifs is 3. The molecule has 4 rings (SSSR count). The second kappa shape index (κ2) is 4.29. The minimum atomic E-state index is 0.450. The van der Waals surface area contributed by atoms with Gasteiger partial charge in [-0.1, -0.05) is 18.2 Å². The molecule has 1 saturated heterocycles. The van der Waals surface area contributed by atoms with E-state index in [0.717, 1.165) is 12.5 Å². The van der Waals surface area contributed by atoms with Crippen molar-refractivity contribution in [3.05, 3.63) is 41.0 Å². The molecule has 2 bridgehead atoms. The lowest BCUT2D eigenvalue weighted by Gasteiger charge is -2.25. The van der Waals surface area contributed by atoms with Crippen LogP contribution in [0.1, 0.15) is 37.0 Å². The van der Waals surface area contributed by atoms with E-state index < -0.39 is 0 Å². The van der Waals surface area contributed by atoms with Crippen molar-refractivity contribution < 1.29 is 0 Å². The van der Waals surface area contributed by atoms with Gasteiger partial charge in [0.25, 0.3) is 0 Å². The van der Waals surface area contributed by atoms with Gasteiger partial charge < -0.3 is 0 Å². The molecule has 2 aliphatic heterocycles. The molecule has 3 aliphatic rings. The fourth-order valence-corrected chi connectivity index (χ4v) is 3.93. The van der Waals surface area contributed by atoms with Gasteiger partial charge in [-0.3, -0.25) is 9.89 Å². The van der Waals surface area contributed by atoms with Crippen LogP contribution >= 0.6 is 0 Å². The zero-order valence-electron chi connectivity index (χ0n) is 12.3. The molecule has 1 saturated carbocycles. The third kappa shape index (κ3) is 1.86. The normalized spacial score (nSPS) is 31.2. The minimum Gasteiger partial charge on any atom is -0.300 e. The van der Waals surface area contributed by atoms with Gasteiger partial charge in [0.2, 0.25) is 0 Å². The summed E-state index contributed by atoms with van der Waals surface area (Å²) >= 11 is 0. The lowest BCUT2D eigenvalue weighted by atomic mass is 9.91. The Balaban J connectivity index is 1.69. The number of aliphatic imine (C=N–C) groups is 1. The van der Waals surface area contributed by atoms with Gasteiger partial charge in [0, 0.05) is 30.8 Å². The monoisotopic (exact) mass is 266 g/mol. The first-order chi connectivity index (χ1) is 9.67. The Kier molecular flexibility index (Phi) is 2.65. The van der Waals surface area contributed by atoms with Gasteiger partial charge in [0.15, 0.2) is 0 Å². The molecule has 2 fully saturated rings. The first kappa shape index (κ1) is 12.3. The molecule has 0 aromatic heterocycles. The van der Waals surface area contributed by atoms with Crippen molar-refractivity contribution in [2.45, 2.75) is 38.3 Å². The van der Waals surface area contributed by atoms with Gasteiger partial charge in [0.05, 0.1) is 6.54 Å². The van der Waals surface area contributed by atoms with Crippen molar-refractivity contribution in [3.8, 4) is 0 Å². The van der Waals surface area contributed by atoms with Crippen molar-refractivity contribution in [1.29, 1.82) is 0 Å². The van der Waals surface area contributed by atoms with Crippen molar-refractivity contribution >= 4 is 12.3 Å². The maximum Gasteiger partial charge on any atom is 0.0640 e. The zero-order valence-corrected chi connectivity index (χ0v) is 12.3. The fraction of sp³-hybridized carbons (Fsp3) is 0.500. The lowest BCUT2D eigenvalue weighted by Crippen LogP contribution is -2.32. The van der Waals surface area contributed by atoms with Gasteiger partial charge in [-0.2, -0.15) is 0 Å². The van der Waals surface area contributed by atoms with E-state index in [1.54, 1.807) is 5.56 Å². The molecule has 2 heteroatoms. The molecule has 2 unspecified atom stereocenters. The van der Waals surface area contributed by atoms with E-state index in [1.807, 2.05) is 6.21 Å². The Morgan fingerprint density at radius 2 is 2.20 bits per heavy atom. The van der Waals surface area contributed by atoms with Gasteiger partial charge in [-0.05, 0) is 55.0 Å². The minimum absolute atomic E-state index is 0.450. The number of benzene rings is 1. The van der Waals surface area contributed by atoms with E-state index in [0.29, 0.717) is 11.5 Å². The SMILES string of the molecule is CC(C)N1CC2CC2(c2cc3cc(c2)CN=CC=C3)C1. The van der Waals surface area contributed by atoms with E-state index in [9.17, 15) is 0 Å². The number of likely N-dealkylation sites (tertiary alicyclic amines) is 1. The van der Waals surface area contributed by atoms with Crippen LogP contribution in [0.5, 0.6) is 0 Å². The predicted molar refractivity (Wildman–Crippen MR) is 84.2 cm³/mol. The highest BCUT2D eigenvalue weighted by molar-refractivity contribution is 5.79. The molecular weight excluding hydrogens is 244 g/mol. The summed E-state index contributed by atoms with van der Waals surface area (Å²) in [6.07, 6.45) is 7.53. The van der Waals surface area contributed by atoms with Crippen LogP contribution in [0, 0.1) is 5.92 Å². The maximum absolute atomic E-state index is 4.43. The predicted octanol–water partition coefficient (Wildman–Crippen LogP) is 3.27. The molecule has 20 heavy (non-hydrogen) atoms. The molecule has 2 nitrogen and oxygen atoms in total. The highest BCUT2D eigenvalue weighted by Gasteiger charge is 2.60. The van der Waals surface area contributed by atoms with Crippen molar-refractivity contribution in [1.82, 2.24) is 4.90 Å². The average Bonchev–Trinajstić information content (AvgIpc) is 2.99. The third-order valence-electron chi connectivity index (χ3n) is 5.25. The van der Waals surface area contributed by atoms with Gasteiger partial charge in [0.1, 0.15) is 0 Å². The molecule has 0 spiro atoms. The van der Waals surface area contributed by atoms with Crippen molar-refractivity contribution in [3.63, 3.8) is 0 Å². The van der Waals surface area contributed by atoms with Crippen LogP contribution in [0.3, 0.4) is 0 Å². The topological polar surface area (TPSA) is 15.6 Å². The Morgan fingerprint density at radius 3 is 3.00 bits per heavy atom. The number of rotatable bonds is 2. The van der Waals surface area contributed by atoms with Crippen LogP contribution in [0.25, 0.3) is 6.08 Å². The summed E-state index contributed by atoms with van der Waals surface area (Å²) < 4.78 is 0. The number of piperidine rings is 1. The van der Waals surface area contributed by atoms with E-state index in [4.69, 9.17) is 0 Å². The van der Waals surface area contributed by atoms with Crippen LogP contribution < -0.4 is 0 Å². The van der Waals surface area contributed by atoms with Crippen molar-refractivity contribution in [2.75, 3.05) is 13.1 Å². The first-order valence-corrected chi connectivity index (χ1v) is 7.72. The second-order valence-corrected chi connectivity index (χ2v) is 6.89. The van der Waals surface area contributed by atoms with E-state index in [1.165, 1.54) is 30.6 Å². The maximum atomic E-state index is 4.43. The van der Waals surface area contributed by atoms with Crippen LogP contribution in [0.15, 0.2) is 29.3 Å². The van der Waals surface area contributed by atoms with Crippen molar-refractivity contribution in [2.24, 2.45) is 10.9 Å². The molecule has 0 N–H and O–H groups in total. The highest BCUT2D eigenvalue weighted by Crippen LogP contribution is 2.59. The summed E-state index contributed by atoms with van der Waals surface area (Å²) in [6, 6.07) is 7.76. The smallest absolute Gasteiger partial charge is 0.0640 e. The van der Waals surface area contributed by atoms with Crippen LogP contribution in [-0.2, 0) is 12.0 Å². The number of hydrogen-bond acceptors (Lipinski definition) is 2. The summed E-state index contributed by atoms with van der Waals surface area (Å²) in [6.45, 7) is 7.97. The summed E-state index contributed by atoms with van der Waals surface area (Å²) in [5, 5.41) is 0. The standard InChI is InChI=1S/C18H22N2/c1-13(2)20-11-17-9-18(17,12-20)16-7-14-4-3-5-19-10-15(6-14)8-16/h3-8,13,17H,9-12H2,1-2H3. The lowest BCUT2D eigenvalue weighted by molar-refractivity contribution is 0.243. The first-order valence-electron chi connectivity index (χ1n) is 7.72. The quantitative estimate of drug-likeness (QED) is 0.802. The largest absolute Gasteiger partial charge is 0.300 e. The summed E-state index contributed by atoms with van der Waals surface area (Å²) in [5.74, 6) is 0.878. The van der Waals surface area contributed by atoms with Crippen LogP contribution in [0.4, 0.5) is 0 Å². The fourth-order valence-electron chi connectivity index (χ4n) is 3.93. The molecular formula is C18H22N2. The molecule has 104 valence electrons. The van der Waals surface area contributed by atoms with Gasteiger partial charge in [-0.25, -0.2) is 0 Å². The van der Waals surface area contributed by atoms with Crippen LogP contribution in [0.2, 0.25) is 0 Å². The summed E-state index contributed by atoms with van der Waals surface area (Å²) in [5.41, 5.74) is 4.71. The molecule has 2 atom stereocenters. The van der Waals surface area contributed by atoms with Gasteiger partial charge in [-0.15, -0.1) is 0 Å². The summed E-state index contributed by atoms with van der Waals surface area (Å²) in [4.78, 5) is 7.07. The number of allylic oxidation sites excluding steroid dienone is 1.